The molecule has 0 bridgehead atoms. The van der Waals surface area contributed by atoms with Gasteiger partial charge in [-0.3, -0.25) is 10.00 Å². The van der Waals surface area contributed by atoms with E-state index in [2.05, 4.69) is 62.2 Å². The topological polar surface area (TPSA) is 41.1 Å². The van der Waals surface area contributed by atoms with Gasteiger partial charge in [0.2, 0.25) is 0 Å². The first-order valence-corrected chi connectivity index (χ1v) is 10.8. The maximum atomic E-state index is 14.9. The second-order valence-corrected chi connectivity index (χ2v) is 9.38. The van der Waals surface area contributed by atoms with Crippen LogP contribution in [-0.2, 0) is 11.2 Å². The van der Waals surface area contributed by atoms with Crippen LogP contribution in [0.5, 0.6) is 0 Å². The van der Waals surface area contributed by atoms with Gasteiger partial charge in [-0.05, 0) is 55.9 Å². The molecule has 3 aliphatic rings. The number of methoxy groups -OCH3 is 1. The molecular weight excluding hydrogens is 421 g/mol. The van der Waals surface area contributed by atoms with Gasteiger partial charge in [0.15, 0.2) is 0 Å². The number of nitrogens with one attached hydrogen (secondary N) is 1. The van der Waals surface area contributed by atoms with E-state index in [4.69, 9.17) is 4.74 Å². The Balaban J connectivity index is 1.64. The van der Waals surface area contributed by atoms with Crippen LogP contribution in [0, 0.1) is 5.92 Å². The minimum absolute atomic E-state index is 0.0920. The largest absolute Gasteiger partial charge is 0.501 e. The van der Waals surface area contributed by atoms with E-state index in [0.717, 1.165) is 28.6 Å². The number of H-pyrrole nitrogens is 1. The smallest absolute Gasteiger partial charge is 0.123 e. The molecule has 28 heavy (non-hydrogen) atoms. The van der Waals surface area contributed by atoms with Crippen molar-refractivity contribution in [2.45, 2.75) is 50.4 Å². The molecule has 0 saturated heterocycles. The fourth-order valence-corrected chi connectivity index (χ4v) is 5.35. The Bertz CT molecular complexity index is 977. The van der Waals surface area contributed by atoms with Crippen molar-refractivity contribution in [2.24, 2.45) is 5.92 Å². The lowest BCUT2D eigenvalue weighted by Crippen LogP contribution is -2.48. The highest BCUT2D eigenvalue weighted by atomic mass is 79.9. The molecule has 1 N–H and O–H groups in total. The first-order valence-electron chi connectivity index (χ1n) is 10.00. The molecule has 1 saturated carbocycles. The Hall–Kier alpha value is -1.66. The van der Waals surface area contributed by atoms with Crippen molar-refractivity contribution < 1.29 is 9.13 Å². The van der Waals surface area contributed by atoms with Gasteiger partial charge in [0.05, 0.1) is 18.8 Å². The molecule has 1 aliphatic heterocycles. The summed E-state index contributed by atoms with van der Waals surface area (Å²) in [4.78, 5) is 2.39. The fraction of sp³-hybridized carbons (Fsp3) is 0.500. The standard InChI is InChI=1S/C22H25BrFN3O/c1-13-9-17-15(5-6-19-18(17)11-25-26-19)21(27(13)12-22(24)7-8-22)16-4-3-14(23)10-20(16)28-2/h3,5-6,10-11,13,16,21H,4,7-9,12H2,1-2H3,(H,25,26)/t13-,16?,21+/m1/s1. The zero-order valence-electron chi connectivity index (χ0n) is 16.2. The van der Waals surface area contributed by atoms with Gasteiger partial charge in [0.25, 0.3) is 0 Å². The van der Waals surface area contributed by atoms with Crippen LogP contribution in [-0.4, -0.2) is 40.5 Å². The molecule has 4 nitrogen and oxygen atoms in total. The molecule has 3 atom stereocenters. The summed E-state index contributed by atoms with van der Waals surface area (Å²) in [6.45, 7) is 2.73. The lowest BCUT2D eigenvalue weighted by Gasteiger charge is -2.46. The summed E-state index contributed by atoms with van der Waals surface area (Å²) in [5, 5.41) is 8.53. The Kier molecular flexibility index (Phi) is 4.40. The van der Waals surface area contributed by atoms with Crippen LogP contribution in [0.2, 0.25) is 0 Å². The van der Waals surface area contributed by atoms with Crippen LogP contribution in [0.25, 0.3) is 10.9 Å². The molecule has 2 aliphatic carbocycles. The molecule has 0 spiro atoms. The van der Waals surface area contributed by atoms with Crippen LogP contribution in [0.15, 0.2) is 40.7 Å². The summed E-state index contributed by atoms with van der Waals surface area (Å²) in [5.74, 6) is 1.12. The van der Waals surface area contributed by atoms with Crippen molar-refractivity contribution in [2.75, 3.05) is 13.7 Å². The number of hydrogen-bond acceptors (Lipinski definition) is 3. The molecule has 1 aromatic carbocycles. The predicted molar refractivity (Wildman–Crippen MR) is 112 cm³/mol. The second kappa shape index (κ2) is 6.70. The number of rotatable bonds is 4. The van der Waals surface area contributed by atoms with Gasteiger partial charge in [-0.25, -0.2) is 4.39 Å². The van der Waals surface area contributed by atoms with E-state index in [0.29, 0.717) is 19.4 Å². The average molecular weight is 446 g/mol. The molecule has 148 valence electrons. The maximum absolute atomic E-state index is 14.9. The molecule has 0 amide bonds. The number of hydrogen-bond donors (Lipinski definition) is 1. The summed E-state index contributed by atoms with van der Waals surface area (Å²) < 4.78 is 21.7. The third-order valence-corrected chi connectivity index (χ3v) is 7.15. The Labute approximate surface area is 172 Å². The van der Waals surface area contributed by atoms with E-state index in [1.165, 1.54) is 16.5 Å². The van der Waals surface area contributed by atoms with Crippen molar-refractivity contribution >= 4 is 26.8 Å². The van der Waals surface area contributed by atoms with Crippen molar-refractivity contribution in [3.05, 3.63) is 51.9 Å². The van der Waals surface area contributed by atoms with Gasteiger partial charge in [0, 0.05) is 34.4 Å². The first-order chi connectivity index (χ1) is 13.5. The monoisotopic (exact) mass is 445 g/mol. The molecule has 1 fully saturated rings. The summed E-state index contributed by atoms with van der Waals surface area (Å²) in [6, 6.07) is 4.67. The lowest BCUT2D eigenvalue weighted by atomic mass is 9.77. The number of nitrogens with zero attached hydrogens (tertiary/aromatic N) is 2. The van der Waals surface area contributed by atoms with Gasteiger partial charge < -0.3 is 4.74 Å². The summed E-state index contributed by atoms with van der Waals surface area (Å²) in [5.41, 5.74) is 2.67. The second-order valence-electron chi connectivity index (χ2n) is 8.47. The molecule has 2 heterocycles. The number of ether oxygens (including phenoxy) is 1. The molecule has 6 heteroatoms. The van der Waals surface area contributed by atoms with Gasteiger partial charge in [-0.2, -0.15) is 5.10 Å². The number of halogens is 2. The van der Waals surface area contributed by atoms with Crippen LogP contribution >= 0.6 is 15.9 Å². The Morgan fingerprint density at radius 1 is 1.39 bits per heavy atom. The van der Waals surface area contributed by atoms with Crippen LogP contribution in [0.1, 0.15) is 43.4 Å². The lowest BCUT2D eigenvalue weighted by molar-refractivity contribution is 0.0440. The Morgan fingerprint density at radius 3 is 2.96 bits per heavy atom. The van der Waals surface area contributed by atoms with E-state index in [1.807, 2.05) is 6.20 Å². The normalized spacial score (nSPS) is 29.2. The summed E-state index contributed by atoms with van der Waals surface area (Å²) >= 11 is 3.58. The zero-order chi connectivity index (χ0) is 19.5. The average Bonchev–Trinajstić information content (AvgIpc) is 3.21. The van der Waals surface area contributed by atoms with Crippen molar-refractivity contribution in [1.29, 1.82) is 0 Å². The molecule has 0 radical (unpaired) electrons. The highest BCUT2D eigenvalue weighted by Gasteiger charge is 2.49. The van der Waals surface area contributed by atoms with E-state index in [9.17, 15) is 4.39 Å². The highest BCUT2D eigenvalue weighted by Crippen LogP contribution is 2.49. The van der Waals surface area contributed by atoms with Crippen molar-refractivity contribution in [3.8, 4) is 0 Å². The zero-order valence-corrected chi connectivity index (χ0v) is 17.8. The third-order valence-electron chi connectivity index (χ3n) is 6.60. The van der Waals surface area contributed by atoms with Gasteiger partial charge in [-0.1, -0.05) is 28.1 Å². The number of benzene rings is 1. The first kappa shape index (κ1) is 18.4. The van der Waals surface area contributed by atoms with Crippen LogP contribution in [0.4, 0.5) is 4.39 Å². The van der Waals surface area contributed by atoms with Crippen LogP contribution < -0.4 is 0 Å². The number of aromatic amines is 1. The molecule has 5 rings (SSSR count). The SMILES string of the molecule is COC1=CC(Br)=CCC1[C@@H]1c2ccc3[nH]ncc3c2C[C@@H](C)N1CC1(F)CC1. The number of allylic oxidation sites excluding steroid dienone is 3. The van der Waals surface area contributed by atoms with E-state index < -0.39 is 5.67 Å². The van der Waals surface area contributed by atoms with Gasteiger partial charge in [0.1, 0.15) is 11.4 Å². The molecular formula is C22H25BrFN3O. The highest BCUT2D eigenvalue weighted by molar-refractivity contribution is 9.11. The van der Waals surface area contributed by atoms with E-state index >= 15 is 0 Å². The molecule has 2 aromatic rings. The van der Waals surface area contributed by atoms with Gasteiger partial charge >= 0.3 is 0 Å². The fourth-order valence-electron chi connectivity index (χ4n) is 4.94. The van der Waals surface area contributed by atoms with Crippen molar-refractivity contribution in [1.82, 2.24) is 15.1 Å². The number of aromatic nitrogens is 2. The minimum Gasteiger partial charge on any atom is -0.501 e. The molecule has 1 unspecified atom stereocenters. The van der Waals surface area contributed by atoms with Crippen LogP contribution in [0.3, 0.4) is 0 Å². The molecule has 1 aromatic heterocycles. The van der Waals surface area contributed by atoms with E-state index in [1.54, 1.807) is 7.11 Å². The van der Waals surface area contributed by atoms with E-state index in [-0.39, 0.29) is 18.0 Å². The minimum atomic E-state index is -1.02. The Morgan fingerprint density at radius 2 is 2.21 bits per heavy atom. The third kappa shape index (κ3) is 3.01. The number of fused-ring (bicyclic) bond motifs is 3. The quantitative estimate of drug-likeness (QED) is 0.704. The predicted octanol–water partition coefficient (Wildman–Crippen LogP) is 5.18. The summed E-state index contributed by atoms with van der Waals surface area (Å²) in [6.07, 6.45) is 9.33. The van der Waals surface area contributed by atoms with Gasteiger partial charge in [-0.15, -0.1) is 0 Å². The van der Waals surface area contributed by atoms with Crippen molar-refractivity contribution in [3.63, 3.8) is 0 Å². The maximum Gasteiger partial charge on any atom is 0.123 e. The summed E-state index contributed by atoms with van der Waals surface area (Å²) in [7, 11) is 1.73. The number of alkyl halides is 1.